The van der Waals surface area contributed by atoms with Crippen LogP contribution in [0.25, 0.3) is 0 Å². The van der Waals surface area contributed by atoms with Crippen molar-refractivity contribution >= 4 is 23.5 Å². The monoisotopic (exact) mass is 437 g/mol. The normalized spacial score (nSPS) is 15.7. The molecule has 0 unspecified atom stereocenters. The predicted octanol–water partition coefficient (Wildman–Crippen LogP) is 5.46. The van der Waals surface area contributed by atoms with Crippen LogP contribution in [0.3, 0.4) is 0 Å². The molecule has 2 aromatic rings. The number of carbonyl (C=O) groups excluding carboxylic acids is 1. The fraction of sp³-hybridized carbons (Fsp3) is 0.409. The molecule has 2 amide bonds. The highest BCUT2D eigenvalue weighted by atomic mass is 32.2. The minimum Gasteiger partial charge on any atom is -0.338 e. The lowest BCUT2D eigenvalue weighted by molar-refractivity contribution is -0.137. The average Bonchev–Trinajstić information content (AvgIpc) is 2.73. The second-order valence-electron chi connectivity index (χ2n) is 7.44. The maximum atomic E-state index is 12.8. The van der Waals surface area contributed by atoms with Crippen molar-refractivity contribution in [2.24, 2.45) is 5.92 Å². The first-order chi connectivity index (χ1) is 14.3. The Hall–Kier alpha value is -2.19. The van der Waals surface area contributed by atoms with Gasteiger partial charge in [-0.3, -0.25) is 4.90 Å². The Labute approximate surface area is 179 Å². The van der Waals surface area contributed by atoms with Crippen LogP contribution in [0.4, 0.5) is 23.7 Å². The number of hydrogen-bond donors (Lipinski definition) is 2. The number of thioether (sulfide) groups is 1. The molecule has 2 aromatic carbocycles. The van der Waals surface area contributed by atoms with Crippen molar-refractivity contribution in [2.75, 3.05) is 31.2 Å². The Morgan fingerprint density at radius 1 is 1.13 bits per heavy atom. The van der Waals surface area contributed by atoms with Crippen LogP contribution in [-0.2, 0) is 12.7 Å². The standard InChI is InChI=1S/C22H26F3N3OS/c1-30-20-8-3-2-5-17(20)15-28-11-9-16(10-12-28)14-26-21(29)27-19-7-4-6-18(13-19)22(23,24)25/h2-8,13,16H,9-12,14-15H2,1H3,(H2,26,27,29). The molecule has 4 nitrogen and oxygen atoms in total. The van der Waals surface area contributed by atoms with Crippen molar-refractivity contribution in [2.45, 2.75) is 30.5 Å². The predicted molar refractivity (Wildman–Crippen MR) is 115 cm³/mol. The van der Waals surface area contributed by atoms with E-state index < -0.39 is 17.8 Å². The minimum atomic E-state index is -4.43. The third-order valence-corrected chi connectivity index (χ3v) is 6.13. The molecule has 0 atom stereocenters. The van der Waals surface area contributed by atoms with Crippen molar-refractivity contribution in [1.82, 2.24) is 10.2 Å². The van der Waals surface area contributed by atoms with E-state index in [0.29, 0.717) is 12.5 Å². The van der Waals surface area contributed by atoms with E-state index in [1.807, 2.05) is 0 Å². The molecule has 1 heterocycles. The second-order valence-corrected chi connectivity index (χ2v) is 8.29. The van der Waals surface area contributed by atoms with Crippen LogP contribution < -0.4 is 10.6 Å². The van der Waals surface area contributed by atoms with Gasteiger partial charge in [0.2, 0.25) is 0 Å². The van der Waals surface area contributed by atoms with Gasteiger partial charge in [-0.2, -0.15) is 13.2 Å². The van der Waals surface area contributed by atoms with Gasteiger partial charge >= 0.3 is 12.2 Å². The number of anilines is 1. The van der Waals surface area contributed by atoms with Crippen LogP contribution in [-0.4, -0.2) is 36.8 Å². The van der Waals surface area contributed by atoms with Gasteiger partial charge in [0.25, 0.3) is 0 Å². The topological polar surface area (TPSA) is 44.4 Å². The van der Waals surface area contributed by atoms with Crippen LogP contribution >= 0.6 is 11.8 Å². The van der Waals surface area contributed by atoms with Crippen LogP contribution in [0.2, 0.25) is 0 Å². The highest BCUT2D eigenvalue weighted by molar-refractivity contribution is 7.98. The molecule has 0 bridgehead atoms. The molecule has 1 fully saturated rings. The molecule has 1 saturated heterocycles. The molecular formula is C22H26F3N3OS. The molecule has 3 rings (SSSR count). The fourth-order valence-corrected chi connectivity index (χ4v) is 4.22. The lowest BCUT2D eigenvalue weighted by Gasteiger charge is -2.32. The number of amides is 2. The van der Waals surface area contributed by atoms with E-state index in [4.69, 9.17) is 0 Å². The number of benzene rings is 2. The van der Waals surface area contributed by atoms with Gasteiger partial charge in [0.05, 0.1) is 5.56 Å². The van der Waals surface area contributed by atoms with Gasteiger partial charge in [-0.15, -0.1) is 11.8 Å². The van der Waals surface area contributed by atoms with E-state index in [0.717, 1.165) is 44.6 Å². The molecule has 1 aliphatic rings. The maximum absolute atomic E-state index is 12.8. The molecule has 8 heteroatoms. The summed E-state index contributed by atoms with van der Waals surface area (Å²) in [5.74, 6) is 0.365. The minimum absolute atomic E-state index is 0.129. The number of piperidine rings is 1. The molecule has 0 spiro atoms. The van der Waals surface area contributed by atoms with E-state index >= 15 is 0 Å². The van der Waals surface area contributed by atoms with Crippen molar-refractivity contribution < 1.29 is 18.0 Å². The summed E-state index contributed by atoms with van der Waals surface area (Å²) >= 11 is 1.76. The number of rotatable bonds is 6. The summed E-state index contributed by atoms with van der Waals surface area (Å²) in [4.78, 5) is 15.8. The first-order valence-electron chi connectivity index (χ1n) is 9.91. The van der Waals surface area contributed by atoms with Gasteiger partial charge in [-0.1, -0.05) is 24.3 Å². The van der Waals surface area contributed by atoms with Crippen molar-refractivity contribution in [3.05, 3.63) is 59.7 Å². The summed E-state index contributed by atoms with van der Waals surface area (Å²) in [6.45, 7) is 3.36. The number of urea groups is 1. The number of alkyl halides is 3. The first kappa shape index (κ1) is 22.5. The Balaban J connectivity index is 1.42. The summed E-state index contributed by atoms with van der Waals surface area (Å²) in [5.41, 5.74) is 0.683. The van der Waals surface area contributed by atoms with Gasteiger partial charge in [-0.05, 0) is 67.9 Å². The molecular weight excluding hydrogens is 411 g/mol. The third kappa shape index (κ3) is 6.40. The summed E-state index contributed by atoms with van der Waals surface area (Å²) in [7, 11) is 0. The van der Waals surface area contributed by atoms with Crippen LogP contribution in [0.1, 0.15) is 24.0 Å². The van der Waals surface area contributed by atoms with Crippen LogP contribution in [0.5, 0.6) is 0 Å². The number of hydrogen-bond acceptors (Lipinski definition) is 3. The van der Waals surface area contributed by atoms with Crippen molar-refractivity contribution in [3.8, 4) is 0 Å². The lowest BCUT2D eigenvalue weighted by atomic mass is 9.96. The van der Waals surface area contributed by atoms with Gasteiger partial charge in [0.1, 0.15) is 0 Å². The van der Waals surface area contributed by atoms with E-state index in [9.17, 15) is 18.0 Å². The number of likely N-dealkylation sites (tertiary alicyclic amines) is 1. The number of nitrogens with zero attached hydrogens (tertiary/aromatic N) is 1. The fourth-order valence-electron chi connectivity index (χ4n) is 3.61. The van der Waals surface area contributed by atoms with Crippen LogP contribution in [0.15, 0.2) is 53.4 Å². The smallest absolute Gasteiger partial charge is 0.338 e. The van der Waals surface area contributed by atoms with E-state index in [2.05, 4.69) is 46.1 Å². The summed E-state index contributed by atoms with van der Waals surface area (Å²) in [6.07, 6.45) is -0.393. The zero-order valence-corrected chi connectivity index (χ0v) is 17.7. The number of carbonyl (C=O) groups is 1. The zero-order valence-electron chi connectivity index (χ0n) is 16.8. The molecule has 0 saturated carbocycles. The quantitative estimate of drug-likeness (QED) is 0.590. The third-order valence-electron chi connectivity index (χ3n) is 5.29. The maximum Gasteiger partial charge on any atom is 0.416 e. The number of halogens is 3. The van der Waals surface area contributed by atoms with Crippen LogP contribution in [0, 0.1) is 5.92 Å². The highest BCUT2D eigenvalue weighted by Gasteiger charge is 2.30. The van der Waals surface area contributed by atoms with E-state index in [-0.39, 0.29) is 5.69 Å². The molecule has 0 aliphatic carbocycles. The average molecular weight is 438 g/mol. The second kappa shape index (κ2) is 10.2. The summed E-state index contributed by atoms with van der Waals surface area (Å²) in [5, 5.41) is 5.27. The van der Waals surface area contributed by atoms with Gasteiger partial charge in [0.15, 0.2) is 0 Å². The molecule has 162 valence electrons. The summed E-state index contributed by atoms with van der Waals surface area (Å²) in [6, 6.07) is 12.6. The molecule has 1 aliphatic heterocycles. The van der Waals surface area contributed by atoms with Crippen molar-refractivity contribution in [1.29, 1.82) is 0 Å². The molecule has 2 N–H and O–H groups in total. The largest absolute Gasteiger partial charge is 0.416 e. The van der Waals surface area contributed by atoms with Gasteiger partial charge in [0, 0.05) is 23.7 Å². The van der Waals surface area contributed by atoms with Crippen molar-refractivity contribution in [3.63, 3.8) is 0 Å². The number of nitrogens with one attached hydrogen (secondary N) is 2. The molecule has 0 radical (unpaired) electrons. The van der Waals surface area contributed by atoms with E-state index in [1.165, 1.54) is 22.6 Å². The Morgan fingerprint density at radius 3 is 2.57 bits per heavy atom. The molecule has 30 heavy (non-hydrogen) atoms. The van der Waals surface area contributed by atoms with E-state index in [1.54, 1.807) is 11.8 Å². The zero-order chi connectivity index (χ0) is 21.6. The Bertz CT molecular complexity index is 852. The van der Waals surface area contributed by atoms with Gasteiger partial charge < -0.3 is 10.6 Å². The first-order valence-corrected chi connectivity index (χ1v) is 11.1. The Morgan fingerprint density at radius 2 is 1.87 bits per heavy atom. The highest BCUT2D eigenvalue weighted by Crippen LogP contribution is 2.30. The Kier molecular flexibility index (Phi) is 7.66. The SMILES string of the molecule is CSc1ccccc1CN1CCC(CNC(=O)Nc2cccc(C(F)(F)F)c2)CC1. The lowest BCUT2D eigenvalue weighted by Crippen LogP contribution is -2.39. The molecule has 0 aromatic heterocycles. The van der Waals surface area contributed by atoms with Gasteiger partial charge in [-0.25, -0.2) is 4.79 Å². The summed E-state index contributed by atoms with van der Waals surface area (Å²) < 4.78 is 38.3.